The maximum atomic E-state index is 6.06. The first-order valence-corrected chi connectivity index (χ1v) is 8.07. The summed E-state index contributed by atoms with van der Waals surface area (Å²) in [4.78, 5) is 0. The molecule has 0 amide bonds. The van der Waals surface area contributed by atoms with E-state index in [0.717, 1.165) is 28.0 Å². The van der Waals surface area contributed by atoms with E-state index in [-0.39, 0.29) is 0 Å². The van der Waals surface area contributed by atoms with Gasteiger partial charge in [0.1, 0.15) is 11.5 Å². The second-order valence-electron chi connectivity index (χ2n) is 5.57. The second kappa shape index (κ2) is 7.10. The van der Waals surface area contributed by atoms with Crippen molar-refractivity contribution in [2.24, 2.45) is 5.73 Å². The highest BCUT2D eigenvalue weighted by Crippen LogP contribution is 2.30. The molecule has 2 nitrogen and oxygen atoms in total. The van der Waals surface area contributed by atoms with Gasteiger partial charge in [-0.15, -0.1) is 0 Å². The SMILES string of the molecule is Cc1cc(Oc2ccc(Br)cc2CCN)ccc1C(C)C. The summed E-state index contributed by atoms with van der Waals surface area (Å²) in [6.45, 7) is 7.15. The Morgan fingerprint density at radius 1 is 1.14 bits per heavy atom. The number of benzene rings is 2. The van der Waals surface area contributed by atoms with E-state index in [1.165, 1.54) is 11.1 Å². The average Bonchev–Trinajstić information content (AvgIpc) is 2.42. The Bertz CT molecular complexity index is 623. The van der Waals surface area contributed by atoms with Crippen molar-refractivity contribution in [1.82, 2.24) is 0 Å². The van der Waals surface area contributed by atoms with E-state index in [1.54, 1.807) is 0 Å². The van der Waals surface area contributed by atoms with Crippen LogP contribution in [-0.4, -0.2) is 6.54 Å². The fourth-order valence-electron chi connectivity index (χ4n) is 2.48. The van der Waals surface area contributed by atoms with Crippen LogP contribution in [-0.2, 0) is 6.42 Å². The van der Waals surface area contributed by atoms with Crippen molar-refractivity contribution < 1.29 is 4.74 Å². The lowest BCUT2D eigenvalue weighted by molar-refractivity contribution is 0.475. The zero-order valence-corrected chi connectivity index (χ0v) is 14.4. The maximum absolute atomic E-state index is 6.06. The predicted octanol–water partition coefficient (Wildman–Crippen LogP) is 5.17. The van der Waals surface area contributed by atoms with E-state index in [0.29, 0.717) is 12.5 Å². The van der Waals surface area contributed by atoms with E-state index < -0.39 is 0 Å². The zero-order valence-electron chi connectivity index (χ0n) is 12.8. The molecule has 2 aromatic rings. The molecule has 0 aliphatic rings. The van der Waals surface area contributed by atoms with Gasteiger partial charge in [-0.05, 0) is 72.8 Å². The van der Waals surface area contributed by atoms with Crippen LogP contribution in [0, 0.1) is 6.92 Å². The first kappa shape index (κ1) is 16.1. The molecule has 0 aliphatic carbocycles. The van der Waals surface area contributed by atoms with Crippen LogP contribution in [0.5, 0.6) is 11.5 Å². The minimum atomic E-state index is 0.527. The Morgan fingerprint density at radius 2 is 1.90 bits per heavy atom. The third-order valence-corrected chi connectivity index (χ3v) is 4.02. The van der Waals surface area contributed by atoms with Gasteiger partial charge < -0.3 is 10.5 Å². The molecule has 0 bridgehead atoms. The summed E-state index contributed by atoms with van der Waals surface area (Å²) >= 11 is 3.49. The molecule has 0 saturated carbocycles. The van der Waals surface area contributed by atoms with Crippen molar-refractivity contribution in [3.05, 3.63) is 57.6 Å². The fraction of sp³-hybridized carbons (Fsp3) is 0.333. The predicted molar refractivity (Wildman–Crippen MR) is 92.2 cm³/mol. The Labute approximate surface area is 135 Å². The Balaban J connectivity index is 2.28. The molecule has 2 N–H and O–H groups in total. The monoisotopic (exact) mass is 347 g/mol. The Morgan fingerprint density at radius 3 is 2.52 bits per heavy atom. The van der Waals surface area contributed by atoms with Gasteiger partial charge in [0.15, 0.2) is 0 Å². The Kier molecular flexibility index (Phi) is 5.43. The molecule has 0 spiro atoms. The average molecular weight is 348 g/mol. The number of hydrogen-bond acceptors (Lipinski definition) is 2. The molecule has 2 rings (SSSR count). The molecular weight excluding hydrogens is 326 g/mol. The lowest BCUT2D eigenvalue weighted by Gasteiger charge is -2.14. The first-order valence-electron chi connectivity index (χ1n) is 7.28. The zero-order chi connectivity index (χ0) is 15.4. The van der Waals surface area contributed by atoms with E-state index in [4.69, 9.17) is 10.5 Å². The summed E-state index contributed by atoms with van der Waals surface area (Å²) in [7, 11) is 0. The molecule has 0 radical (unpaired) electrons. The van der Waals surface area contributed by atoms with Crippen molar-refractivity contribution in [2.45, 2.75) is 33.1 Å². The second-order valence-corrected chi connectivity index (χ2v) is 6.48. The number of rotatable bonds is 5. The lowest BCUT2D eigenvalue weighted by Crippen LogP contribution is -2.04. The molecule has 112 valence electrons. The van der Waals surface area contributed by atoms with E-state index in [2.05, 4.69) is 54.9 Å². The molecule has 2 aromatic carbocycles. The summed E-state index contributed by atoms with van der Waals surface area (Å²) in [5.41, 5.74) is 9.43. The topological polar surface area (TPSA) is 35.2 Å². The molecule has 0 fully saturated rings. The first-order chi connectivity index (χ1) is 10.0. The van der Waals surface area contributed by atoms with Crippen LogP contribution in [0.25, 0.3) is 0 Å². The van der Waals surface area contributed by atoms with Gasteiger partial charge in [0.25, 0.3) is 0 Å². The van der Waals surface area contributed by atoms with Crippen molar-refractivity contribution in [3.8, 4) is 11.5 Å². The highest BCUT2D eigenvalue weighted by molar-refractivity contribution is 9.10. The van der Waals surface area contributed by atoms with Gasteiger partial charge in [0.05, 0.1) is 0 Å². The number of hydrogen-bond donors (Lipinski definition) is 1. The number of nitrogens with two attached hydrogens (primary N) is 1. The Hall–Kier alpha value is -1.32. The van der Waals surface area contributed by atoms with Crippen LogP contribution >= 0.6 is 15.9 Å². The van der Waals surface area contributed by atoms with Gasteiger partial charge in [-0.1, -0.05) is 35.8 Å². The lowest BCUT2D eigenvalue weighted by atomic mass is 9.98. The summed E-state index contributed by atoms with van der Waals surface area (Å²) in [6.07, 6.45) is 0.803. The van der Waals surface area contributed by atoms with Gasteiger partial charge in [0, 0.05) is 4.47 Å². The summed E-state index contributed by atoms with van der Waals surface area (Å²) in [5.74, 6) is 2.28. The molecule has 0 aromatic heterocycles. The molecular formula is C18H22BrNO. The van der Waals surface area contributed by atoms with Crippen molar-refractivity contribution in [2.75, 3.05) is 6.54 Å². The van der Waals surface area contributed by atoms with Crippen LogP contribution in [0.4, 0.5) is 0 Å². The highest BCUT2D eigenvalue weighted by atomic mass is 79.9. The standard InChI is InChI=1S/C18H22BrNO/c1-12(2)17-6-5-16(10-13(17)3)21-18-7-4-15(19)11-14(18)8-9-20/h4-7,10-12H,8-9,20H2,1-3H3. The van der Waals surface area contributed by atoms with Crippen LogP contribution in [0.15, 0.2) is 40.9 Å². The third-order valence-electron chi connectivity index (χ3n) is 3.53. The van der Waals surface area contributed by atoms with E-state index in [9.17, 15) is 0 Å². The molecule has 0 heterocycles. The van der Waals surface area contributed by atoms with Crippen molar-refractivity contribution in [1.29, 1.82) is 0 Å². The van der Waals surface area contributed by atoms with Gasteiger partial charge in [-0.2, -0.15) is 0 Å². The molecule has 0 atom stereocenters. The van der Waals surface area contributed by atoms with Crippen LogP contribution in [0.2, 0.25) is 0 Å². The minimum absolute atomic E-state index is 0.527. The molecule has 0 saturated heterocycles. The van der Waals surface area contributed by atoms with Crippen molar-refractivity contribution >= 4 is 15.9 Å². The molecule has 0 unspecified atom stereocenters. The van der Waals surface area contributed by atoms with Gasteiger partial charge >= 0.3 is 0 Å². The summed E-state index contributed by atoms with van der Waals surface area (Å²) in [5, 5.41) is 0. The number of ether oxygens (including phenoxy) is 1. The van der Waals surface area contributed by atoms with Gasteiger partial charge in [-0.3, -0.25) is 0 Å². The van der Waals surface area contributed by atoms with Crippen molar-refractivity contribution in [3.63, 3.8) is 0 Å². The quantitative estimate of drug-likeness (QED) is 0.809. The smallest absolute Gasteiger partial charge is 0.130 e. The van der Waals surface area contributed by atoms with Gasteiger partial charge in [0.2, 0.25) is 0 Å². The third kappa shape index (κ3) is 4.08. The number of aryl methyl sites for hydroxylation is 1. The minimum Gasteiger partial charge on any atom is -0.457 e. The normalized spacial score (nSPS) is 11.0. The van der Waals surface area contributed by atoms with Gasteiger partial charge in [-0.25, -0.2) is 0 Å². The summed E-state index contributed by atoms with van der Waals surface area (Å²) in [6, 6.07) is 12.3. The molecule has 21 heavy (non-hydrogen) atoms. The molecule has 3 heteroatoms. The largest absolute Gasteiger partial charge is 0.457 e. The van der Waals surface area contributed by atoms with E-state index >= 15 is 0 Å². The summed E-state index contributed by atoms with van der Waals surface area (Å²) < 4.78 is 7.10. The van der Waals surface area contributed by atoms with E-state index in [1.807, 2.05) is 18.2 Å². The van der Waals surface area contributed by atoms with Crippen LogP contribution < -0.4 is 10.5 Å². The van der Waals surface area contributed by atoms with Crippen LogP contribution in [0.1, 0.15) is 36.5 Å². The van der Waals surface area contributed by atoms with Crippen LogP contribution in [0.3, 0.4) is 0 Å². The maximum Gasteiger partial charge on any atom is 0.130 e. The number of halogens is 1. The highest BCUT2D eigenvalue weighted by Gasteiger charge is 2.08. The molecule has 0 aliphatic heterocycles. The fourth-order valence-corrected chi connectivity index (χ4v) is 2.89.